The molecule has 45 heavy (non-hydrogen) atoms. The quantitative estimate of drug-likeness (QED) is 0.151. The Labute approximate surface area is 258 Å². The van der Waals surface area contributed by atoms with Crippen molar-refractivity contribution in [2.24, 2.45) is 0 Å². The molecule has 5 rings (SSSR count). The van der Waals surface area contributed by atoms with Crippen molar-refractivity contribution in [3.63, 3.8) is 0 Å². The summed E-state index contributed by atoms with van der Waals surface area (Å²) in [6, 6.07) is 6.49. The van der Waals surface area contributed by atoms with E-state index < -0.39 is 49.9 Å². The minimum Gasteiger partial charge on any atom is -0.397 e. The molecule has 1 fully saturated rings. The highest BCUT2D eigenvalue weighted by molar-refractivity contribution is 7.92. The van der Waals surface area contributed by atoms with Gasteiger partial charge in [0.05, 0.1) is 35.3 Å². The summed E-state index contributed by atoms with van der Waals surface area (Å²) in [7, 11) is -4.41. The number of nitrogen functional groups attached to an aromatic ring is 1. The van der Waals surface area contributed by atoms with Crippen molar-refractivity contribution in [2.45, 2.75) is 55.7 Å². The molecule has 0 saturated heterocycles. The first-order valence-corrected chi connectivity index (χ1v) is 15.7. The molecule has 0 aliphatic heterocycles. The molecule has 15 heteroatoms. The molecule has 4 N–H and O–H groups in total. The highest BCUT2D eigenvalue weighted by Gasteiger charge is 2.24. The summed E-state index contributed by atoms with van der Waals surface area (Å²) in [4.78, 5) is 40.0. The van der Waals surface area contributed by atoms with Crippen LogP contribution in [0.15, 0.2) is 72.5 Å². The van der Waals surface area contributed by atoms with Crippen molar-refractivity contribution in [1.29, 1.82) is 0 Å². The number of carbonyl (C=O) groups excluding carboxylic acids is 1. The Morgan fingerprint density at radius 1 is 0.956 bits per heavy atom. The van der Waals surface area contributed by atoms with Gasteiger partial charge in [-0.25, -0.2) is 33.5 Å². The third-order valence-electron chi connectivity index (χ3n) is 7.12. The number of nitrogens with zero attached hydrogens (tertiary/aromatic N) is 4. The number of anilines is 2. The lowest BCUT2D eigenvalue weighted by Crippen LogP contribution is -2.40. The predicted molar refractivity (Wildman–Crippen MR) is 160 cm³/mol. The Balaban J connectivity index is 1.27. The van der Waals surface area contributed by atoms with Crippen LogP contribution < -0.4 is 15.8 Å². The van der Waals surface area contributed by atoms with Crippen molar-refractivity contribution < 1.29 is 31.8 Å². The van der Waals surface area contributed by atoms with Crippen LogP contribution >= 0.6 is 0 Å². The van der Waals surface area contributed by atoms with Crippen molar-refractivity contribution in [1.82, 2.24) is 25.3 Å². The van der Waals surface area contributed by atoms with Gasteiger partial charge in [-0.3, -0.25) is 14.5 Å². The smallest absolute Gasteiger partial charge is 0.279 e. The summed E-state index contributed by atoms with van der Waals surface area (Å²) in [5.41, 5.74) is 6.58. The predicted octanol–water partition coefficient (Wildman–Crippen LogP) is 4.22. The standard InChI is InChI=1S/C30H31F2N7O5S/c31-26-12-28(39-45(41,42)29-9-6-19(15-37-29)20-13-34-18-35-14-20)27(32)11-25(26)30(40)38-23(10-22-8-7-21(33)16-36-22)17-43-44-24-4-2-1-3-5-24/h6-9,11-16,18,23-24,39H,1-5,10,17,33H2,(H,38,40)/t23-/m0/s1. The van der Waals surface area contributed by atoms with Gasteiger partial charge in [-0.2, -0.15) is 8.42 Å². The first-order chi connectivity index (χ1) is 21.7. The van der Waals surface area contributed by atoms with Crippen LogP contribution in [-0.4, -0.2) is 53.0 Å². The second-order valence-corrected chi connectivity index (χ2v) is 12.2. The number of benzene rings is 1. The lowest BCUT2D eigenvalue weighted by Gasteiger charge is -2.23. The van der Waals surface area contributed by atoms with Crippen molar-refractivity contribution in [3.8, 4) is 11.1 Å². The molecule has 236 valence electrons. The van der Waals surface area contributed by atoms with E-state index in [1.165, 1.54) is 43.2 Å². The van der Waals surface area contributed by atoms with Crippen LogP contribution in [0, 0.1) is 11.6 Å². The summed E-state index contributed by atoms with van der Waals surface area (Å²) >= 11 is 0. The summed E-state index contributed by atoms with van der Waals surface area (Å²) in [6.45, 7) is -0.0840. The fourth-order valence-corrected chi connectivity index (χ4v) is 5.75. The lowest BCUT2D eigenvalue weighted by atomic mass is 9.98. The zero-order valence-corrected chi connectivity index (χ0v) is 24.8. The third-order valence-corrected chi connectivity index (χ3v) is 8.40. The first kappa shape index (κ1) is 31.8. The molecule has 12 nitrogen and oxygen atoms in total. The van der Waals surface area contributed by atoms with E-state index in [2.05, 4.69) is 25.3 Å². The second kappa shape index (κ2) is 14.5. The van der Waals surface area contributed by atoms with Gasteiger partial charge in [-0.05, 0) is 43.2 Å². The van der Waals surface area contributed by atoms with Gasteiger partial charge in [-0.15, -0.1) is 0 Å². The molecular weight excluding hydrogens is 608 g/mol. The molecule has 0 unspecified atom stereocenters. The van der Waals surface area contributed by atoms with Gasteiger partial charge < -0.3 is 11.1 Å². The third kappa shape index (κ3) is 8.53. The molecule has 3 aromatic heterocycles. The van der Waals surface area contributed by atoms with E-state index in [-0.39, 0.29) is 19.1 Å². The fourth-order valence-electron chi connectivity index (χ4n) is 4.76. The molecule has 1 aromatic carbocycles. The molecule has 4 aromatic rings. The van der Waals surface area contributed by atoms with E-state index in [1.807, 2.05) is 4.72 Å². The highest BCUT2D eigenvalue weighted by Crippen LogP contribution is 2.24. The molecule has 0 bridgehead atoms. The highest BCUT2D eigenvalue weighted by atomic mass is 32.2. The number of sulfonamides is 1. The van der Waals surface area contributed by atoms with Gasteiger partial charge in [0, 0.05) is 47.9 Å². The van der Waals surface area contributed by atoms with Crippen LogP contribution in [0.25, 0.3) is 11.1 Å². The molecule has 1 atom stereocenters. The van der Waals surface area contributed by atoms with Crippen LogP contribution in [0.5, 0.6) is 0 Å². The largest absolute Gasteiger partial charge is 0.397 e. The van der Waals surface area contributed by atoms with Gasteiger partial charge in [0.2, 0.25) is 0 Å². The maximum atomic E-state index is 15.1. The Bertz CT molecular complexity index is 1710. The number of nitrogens with two attached hydrogens (primary N) is 1. The van der Waals surface area contributed by atoms with E-state index in [4.69, 9.17) is 15.5 Å². The first-order valence-electron chi connectivity index (χ1n) is 14.2. The normalized spacial score (nSPS) is 14.5. The summed E-state index contributed by atoms with van der Waals surface area (Å²) in [6.07, 6.45) is 12.2. The summed E-state index contributed by atoms with van der Waals surface area (Å²) < 4.78 is 58.0. The number of halogens is 2. The van der Waals surface area contributed by atoms with Crippen molar-refractivity contribution in [3.05, 3.63) is 90.4 Å². The van der Waals surface area contributed by atoms with Crippen LogP contribution in [0.1, 0.15) is 48.2 Å². The average Bonchev–Trinajstić information content (AvgIpc) is 3.04. The van der Waals surface area contributed by atoms with E-state index in [0.29, 0.717) is 34.6 Å². The Hall–Kier alpha value is -4.60. The molecule has 1 saturated carbocycles. The van der Waals surface area contributed by atoms with E-state index >= 15 is 8.78 Å². The Kier molecular flexibility index (Phi) is 10.2. The number of hydrogen-bond acceptors (Lipinski definition) is 10. The molecule has 1 aliphatic rings. The topological polar surface area (TPSA) is 171 Å². The Morgan fingerprint density at radius 2 is 1.73 bits per heavy atom. The molecule has 0 spiro atoms. The Morgan fingerprint density at radius 3 is 2.42 bits per heavy atom. The molecule has 1 aliphatic carbocycles. The van der Waals surface area contributed by atoms with Gasteiger partial charge >= 0.3 is 0 Å². The van der Waals surface area contributed by atoms with E-state index in [0.717, 1.165) is 32.1 Å². The maximum absolute atomic E-state index is 15.1. The number of amides is 1. The zero-order chi connectivity index (χ0) is 31.8. The molecular formula is C30H31F2N7O5S. The average molecular weight is 640 g/mol. The lowest BCUT2D eigenvalue weighted by molar-refractivity contribution is -0.330. The monoisotopic (exact) mass is 639 g/mol. The van der Waals surface area contributed by atoms with Gasteiger partial charge in [-0.1, -0.05) is 19.3 Å². The number of hydrogen-bond donors (Lipinski definition) is 3. The van der Waals surface area contributed by atoms with Crippen LogP contribution in [0.3, 0.4) is 0 Å². The van der Waals surface area contributed by atoms with E-state index in [1.54, 1.807) is 12.1 Å². The van der Waals surface area contributed by atoms with Crippen molar-refractivity contribution >= 4 is 27.3 Å². The summed E-state index contributed by atoms with van der Waals surface area (Å²) in [5, 5.41) is 2.20. The van der Waals surface area contributed by atoms with Crippen LogP contribution in [0.2, 0.25) is 0 Å². The SMILES string of the molecule is Nc1ccc(C[C@@H](COOC2CCCCC2)NC(=O)c2cc(F)c(NS(=O)(=O)c3ccc(-c4cncnc4)cn3)cc2F)nc1. The van der Waals surface area contributed by atoms with Gasteiger partial charge in [0.15, 0.2) is 5.03 Å². The number of rotatable bonds is 12. The molecule has 3 heterocycles. The number of pyridine rings is 2. The molecule has 0 radical (unpaired) electrons. The minimum atomic E-state index is -4.41. The number of nitrogens with one attached hydrogen (secondary N) is 2. The van der Waals surface area contributed by atoms with Crippen LogP contribution in [0.4, 0.5) is 20.2 Å². The summed E-state index contributed by atoms with van der Waals surface area (Å²) in [5.74, 6) is -3.26. The van der Waals surface area contributed by atoms with Gasteiger partial charge in [0.25, 0.3) is 15.9 Å². The number of aromatic nitrogens is 4. The maximum Gasteiger partial charge on any atom is 0.279 e. The number of carbonyl (C=O) groups is 1. The fraction of sp³-hybridized carbons (Fsp3) is 0.300. The van der Waals surface area contributed by atoms with Gasteiger partial charge in [0.1, 0.15) is 24.6 Å². The minimum absolute atomic E-state index is 0.0563. The van der Waals surface area contributed by atoms with E-state index in [9.17, 15) is 13.2 Å². The zero-order valence-electron chi connectivity index (χ0n) is 24.0. The molecule has 1 amide bonds. The van der Waals surface area contributed by atoms with Crippen LogP contribution in [-0.2, 0) is 26.2 Å². The van der Waals surface area contributed by atoms with Crippen molar-refractivity contribution in [2.75, 3.05) is 17.1 Å². The second-order valence-electron chi connectivity index (χ2n) is 10.5.